The average molecular weight is 299 g/mol. The van der Waals surface area contributed by atoms with Crippen LogP contribution in [0.2, 0.25) is 0 Å². The zero-order valence-corrected chi connectivity index (χ0v) is 12.6. The number of hydrogen-bond acceptors (Lipinski definition) is 4. The minimum Gasteiger partial charge on any atom is -0.497 e. The fourth-order valence-electron chi connectivity index (χ4n) is 2.16. The second-order valence-corrected chi connectivity index (χ2v) is 5.51. The van der Waals surface area contributed by atoms with Crippen LogP contribution >= 0.6 is 11.3 Å². The van der Waals surface area contributed by atoms with Gasteiger partial charge in [0, 0.05) is 36.6 Å². The van der Waals surface area contributed by atoms with E-state index in [1.54, 1.807) is 18.4 Å². The molecule has 0 radical (unpaired) electrons. The lowest BCUT2D eigenvalue weighted by Crippen LogP contribution is -2.15. The Morgan fingerprint density at radius 2 is 2.05 bits per heavy atom. The predicted molar refractivity (Wildman–Crippen MR) is 85.0 cm³/mol. The highest BCUT2D eigenvalue weighted by molar-refractivity contribution is 7.12. The first-order valence-electron chi connectivity index (χ1n) is 6.76. The van der Waals surface area contributed by atoms with Gasteiger partial charge in [-0.2, -0.15) is 0 Å². The molecule has 2 aromatic heterocycles. The molecule has 4 nitrogen and oxygen atoms in total. The molecule has 3 rings (SSSR count). The smallest absolute Gasteiger partial charge is 0.193 e. The van der Waals surface area contributed by atoms with Gasteiger partial charge in [0.25, 0.3) is 0 Å². The van der Waals surface area contributed by atoms with Crippen molar-refractivity contribution < 1.29 is 4.74 Å². The number of methoxy groups -OCH3 is 1. The molecule has 0 aliphatic carbocycles. The van der Waals surface area contributed by atoms with E-state index in [0.717, 1.165) is 24.0 Å². The molecule has 21 heavy (non-hydrogen) atoms. The van der Waals surface area contributed by atoms with Gasteiger partial charge in [0.15, 0.2) is 5.13 Å². The SMILES string of the molecule is COc1ccc(CNCc2cccn2-c2nccs2)cc1. The van der Waals surface area contributed by atoms with Crippen LogP contribution in [-0.4, -0.2) is 16.7 Å². The number of benzene rings is 1. The maximum Gasteiger partial charge on any atom is 0.193 e. The third-order valence-corrected chi connectivity index (χ3v) is 4.02. The van der Waals surface area contributed by atoms with Gasteiger partial charge in [0.1, 0.15) is 5.75 Å². The van der Waals surface area contributed by atoms with Crippen LogP contribution in [0.3, 0.4) is 0 Å². The molecule has 5 heteroatoms. The molecule has 2 heterocycles. The molecule has 0 atom stereocenters. The Morgan fingerprint density at radius 3 is 2.76 bits per heavy atom. The summed E-state index contributed by atoms with van der Waals surface area (Å²) in [5, 5.41) is 6.45. The average Bonchev–Trinajstić information content (AvgIpc) is 3.18. The largest absolute Gasteiger partial charge is 0.497 e. The van der Waals surface area contributed by atoms with E-state index in [1.807, 2.05) is 36.0 Å². The van der Waals surface area contributed by atoms with Crippen molar-refractivity contribution in [3.8, 4) is 10.9 Å². The fourth-order valence-corrected chi connectivity index (χ4v) is 2.82. The number of nitrogens with zero attached hydrogens (tertiary/aromatic N) is 2. The highest BCUT2D eigenvalue weighted by atomic mass is 32.1. The molecule has 1 N–H and O–H groups in total. The first-order chi connectivity index (χ1) is 10.4. The predicted octanol–water partition coefficient (Wildman–Crippen LogP) is 3.23. The first kappa shape index (κ1) is 13.9. The van der Waals surface area contributed by atoms with Gasteiger partial charge in [0.2, 0.25) is 0 Å². The molecular weight excluding hydrogens is 282 g/mol. The van der Waals surface area contributed by atoms with E-state index in [1.165, 1.54) is 11.3 Å². The summed E-state index contributed by atoms with van der Waals surface area (Å²) in [5.41, 5.74) is 2.45. The molecule has 0 aliphatic rings. The van der Waals surface area contributed by atoms with E-state index in [0.29, 0.717) is 0 Å². The summed E-state index contributed by atoms with van der Waals surface area (Å²) in [6, 6.07) is 12.3. The van der Waals surface area contributed by atoms with Gasteiger partial charge in [-0.05, 0) is 29.8 Å². The van der Waals surface area contributed by atoms with E-state index in [-0.39, 0.29) is 0 Å². The third kappa shape index (κ3) is 3.32. The number of nitrogens with one attached hydrogen (secondary N) is 1. The number of rotatable bonds is 6. The summed E-state index contributed by atoms with van der Waals surface area (Å²) in [5.74, 6) is 0.886. The van der Waals surface area contributed by atoms with Crippen molar-refractivity contribution in [1.82, 2.24) is 14.9 Å². The van der Waals surface area contributed by atoms with Crippen LogP contribution in [0.25, 0.3) is 5.13 Å². The fraction of sp³-hybridized carbons (Fsp3) is 0.188. The van der Waals surface area contributed by atoms with E-state index >= 15 is 0 Å². The van der Waals surface area contributed by atoms with Gasteiger partial charge in [-0.15, -0.1) is 11.3 Å². The Morgan fingerprint density at radius 1 is 1.19 bits per heavy atom. The van der Waals surface area contributed by atoms with Gasteiger partial charge in [-0.1, -0.05) is 12.1 Å². The van der Waals surface area contributed by atoms with Crippen LogP contribution in [0, 0.1) is 0 Å². The Hall–Kier alpha value is -2.11. The van der Waals surface area contributed by atoms with Crippen molar-refractivity contribution in [1.29, 1.82) is 0 Å². The van der Waals surface area contributed by atoms with Crippen molar-refractivity contribution in [3.05, 3.63) is 65.4 Å². The van der Waals surface area contributed by atoms with E-state index in [4.69, 9.17) is 4.74 Å². The molecule has 3 aromatic rings. The van der Waals surface area contributed by atoms with Crippen molar-refractivity contribution in [2.75, 3.05) is 7.11 Å². The minimum atomic E-state index is 0.804. The van der Waals surface area contributed by atoms with Gasteiger partial charge >= 0.3 is 0 Å². The third-order valence-electron chi connectivity index (χ3n) is 3.25. The molecule has 108 valence electrons. The highest BCUT2D eigenvalue weighted by Crippen LogP contribution is 2.15. The Balaban J connectivity index is 1.59. The van der Waals surface area contributed by atoms with Gasteiger partial charge < -0.3 is 10.1 Å². The van der Waals surface area contributed by atoms with Crippen molar-refractivity contribution >= 4 is 11.3 Å². The number of thiazole rings is 1. The number of ether oxygens (including phenoxy) is 1. The zero-order chi connectivity index (χ0) is 14.5. The van der Waals surface area contributed by atoms with Crippen molar-refractivity contribution in [2.24, 2.45) is 0 Å². The lowest BCUT2D eigenvalue weighted by molar-refractivity contribution is 0.414. The lowest BCUT2D eigenvalue weighted by atomic mass is 10.2. The van der Waals surface area contributed by atoms with Gasteiger partial charge in [0.05, 0.1) is 7.11 Å². The summed E-state index contributed by atoms with van der Waals surface area (Å²) in [7, 11) is 1.68. The molecule has 0 spiro atoms. The molecule has 0 aliphatic heterocycles. The summed E-state index contributed by atoms with van der Waals surface area (Å²) in [6.07, 6.45) is 3.87. The first-order valence-corrected chi connectivity index (χ1v) is 7.64. The van der Waals surface area contributed by atoms with Crippen LogP contribution < -0.4 is 10.1 Å². The maximum absolute atomic E-state index is 5.16. The zero-order valence-electron chi connectivity index (χ0n) is 11.8. The number of aromatic nitrogens is 2. The number of hydrogen-bond donors (Lipinski definition) is 1. The maximum atomic E-state index is 5.16. The lowest BCUT2D eigenvalue weighted by Gasteiger charge is -2.08. The summed E-state index contributed by atoms with van der Waals surface area (Å²) in [4.78, 5) is 4.34. The monoisotopic (exact) mass is 299 g/mol. The Kier molecular flexibility index (Phi) is 4.33. The second-order valence-electron chi connectivity index (χ2n) is 4.64. The van der Waals surface area contributed by atoms with Crippen LogP contribution in [0.1, 0.15) is 11.3 Å². The minimum absolute atomic E-state index is 0.804. The van der Waals surface area contributed by atoms with Crippen LogP contribution in [0.4, 0.5) is 0 Å². The molecule has 0 saturated heterocycles. The molecule has 0 unspecified atom stereocenters. The molecule has 0 saturated carbocycles. The standard InChI is InChI=1S/C16H17N3OS/c1-20-15-6-4-13(5-7-15)11-17-12-14-3-2-9-19(14)16-18-8-10-21-16/h2-10,17H,11-12H2,1H3. The van der Waals surface area contributed by atoms with Gasteiger partial charge in [-0.25, -0.2) is 4.98 Å². The second kappa shape index (κ2) is 6.56. The van der Waals surface area contributed by atoms with E-state index < -0.39 is 0 Å². The Labute approximate surface area is 128 Å². The molecule has 0 bridgehead atoms. The van der Waals surface area contributed by atoms with Crippen molar-refractivity contribution in [3.63, 3.8) is 0 Å². The quantitative estimate of drug-likeness (QED) is 0.759. The molecule has 0 fully saturated rings. The molecule has 0 amide bonds. The van der Waals surface area contributed by atoms with Crippen LogP contribution in [0.15, 0.2) is 54.2 Å². The summed E-state index contributed by atoms with van der Waals surface area (Å²) in [6.45, 7) is 1.63. The van der Waals surface area contributed by atoms with Crippen LogP contribution in [0.5, 0.6) is 5.75 Å². The molecular formula is C16H17N3OS. The van der Waals surface area contributed by atoms with E-state index in [9.17, 15) is 0 Å². The van der Waals surface area contributed by atoms with Gasteiger partial charge in [-0.3, -0.25) is 4.57 Å². The topological polar surface area (TPSA) is 39.1 Å². The van der Waals surface area contributed by atoms with E-state index in [2.05, 4.69) is 33.1 Å². The highest BCUT2D eigenvalue weighted by Gasteiger charge is 2.04. The van der Waals surface area contributed by atoms with Crippen molar-refractivity contribution in [2.45, 2.75) is 13.1 Å². The van der Waals surface area contributed by atoms with Crippen LogP contribution in [-0.2, 0) is 13.1 Å². The Bertz CT molecular complexity index is 674. The normalized spacial score (nSPS) is 10.7. The summed E-state index contributed by atoms with van der Waals surface area (Å²) < 4.78 is 7.28. The summed E-state index contributed by atoms with van der Waals surface area (Å²) >= 11 is 1.64. The molecule has 1 aromatic carbocycles.